The molecule has 0 spiro atoms. The Morgan fingerprint density at radius 1 is 0.356 bits per heavy atom. The Labute approximate surface area is 633 Å². The van der Waals surface area contributed by atoms with E-state index >= 15 is 0 Å². The van der Waals surface area contributed by atoms with Gasteiger partial charge in [0.2, 0.25) is 5.91 Å². The normalized spacial score (nSPS) is 22.2. The molecular formula is C90H153NO13. The van der Waals surface area contributed by atoms with Crippen LogP contribution in [0.4, 0.5) is 0 Å². The standard InChI is InChI=1S/C90H153NO13/c1-3-5-7-9-11-13-15-17-19-21-23-25-27-29-31-33-34-35-36-37-38-39-40-41-42-43-44-46-48-50-52-54-56-58-60-62-64-66-68-70-72-74-82(95)91-78(77-101-89-87(100)85(98)88(81(76-93)103-89)104-90-86(99)84(97)83(96)80(75-92)102-90)79(94)73-71-69-67-65-63-61-59-57-55-53-51-49-47-45-32-30-28-26-24-22-20-18-16-14-12-10-8-6-4-2/h5,7,11,13,17,19,23,25,29,31,34-35,37-38,40-41,43-44,55,57,63,65,71,73,78-81,83-90,92-94,96-100H,3-4,6,8-10,12,14-16,18,20-22,24,26-28,30,32-33,36,39,42,45-54,56,58-62,64,66-70,72,74-77H2,1-2H3,(H,91,95)/b7-5-,13-11-,19-17-,25-23-,31-29-,35-34-,38-37-,41-40-,44-43-,57-55+,65-63+,73-71+. The van der Waals surface area contributed by atoms with Gasteiger partial charge in [-0.2, -0.15) is 0 Å². The Bertz CT molecular complexity index is 2320. The van der Waals surface area contributed by atoms with Gasteiger partial charge >= 0.3 is 0 Å². The minimum Gasteiger partial charge on any atom is -0.394 e. The van der Waals surface area contributed by atoms with Gasteiger partial charge in [-0.05, 0) is 116 Å². The van der Waals surface area contributed by atoms with Crippen LogP contribution in [0.5, 0.6) is 0 Å². The number of carbonyl (C=O) groups excluding carboxylic acids is 1. The van der Waals surface area contributed by atoms with E-state index in [1.807, 2.05) is 6.08 Å². The van der Waals surface area contributed by atoms with Gasteiger partial charge in [-0.1, -0.05) is 346 Å². The third-order valence-electron chi connectivity index (χ3n) is 19.5. The number of hydrogen-bond donors (Lipinski definition) is 9. The molecule has 2 saturated heterocycles. The number of allylic oxidation sites excluding steroid dienone is 23. The monoisotopic (exact) mass is 1460 g/mol. The Hall–Kier alpha value is -4.13. The molecule has 0 aromatic rings. The van der Waals surface area contributed by atoms with E-state index in [9.17, 15) is 45.6 Å². The summed E-state index contributed by atoms with van der Waals surface area (Å²) in [7, 11) is 0. The lowest BCUT2D eigenvalue weighted by atomic mass is 9.97. The first kappa shape index (κ1) is 95.9. The Kier molecular flexibility index (Phi) is 66.2. The number of carbonyl (C=O) groups is 1. The molecule has 0 radical (unpaired) electrons. The van der Waals surface area contributed by atoms with Crippen LogP contribution in [0.1, 0.15) is 322 Å². The molecule has 0 aromatic carbocycles. The van der Waals surface area contributed by atoms with Crippen LogP contribution in [0, 0.1) is 0 Å². The molecule has 1 amide bonds. The lowest BCUT2D eigenvalue weighted by Gasteiger charge is -2.46. The van der Waals surface area contributed by atoms with Crippen LogP contribution < -0.4 is 5.32 Å². The molecule has 12 unspecified atom stereocenters. The van der Waals surface area contributed by atoms with Crippen molar-refractivity contribution < 1.29 is 64.6 Å². The van der Waals surface area contributed by atoms with E-state index < -0.39 is 86.8 Å². The maximum Gasteiger partial charge on any atom is 0.220 e. The summed E-state index contributed by atoms with van der Waals surface area (Å²) in [5.41, 5.74) is 0. The van der Waals surface area contributed by atoms with Crippen molar-refractivity contribution in [3.8, 4) is 0 Å². The minimum absolute atomic E-state index is 0.257. The van der Waals surface area contributed by atoms with E-state index in [4.69, 9.17) is 18.9 Å². The van der Waals surface area contributed by atoms with E-state index in [0.29, 0.717) is 12.8 Å². The van der Waals surface area contributed by atoms with Crippen molar-refractivity contribution in [2.75, 3.05) is 19.8 Å². The van der Waals surface area contributed by atoms with E-state index in [1.165, 1.54) is 180 Å². The highest BCUT2D eigenvalue weighted by Gasteiger charge is 2.51. The molecule has 0 saturated carbocycles. The summed E-state index contributed by atoms with van der Waals surface area (Å²) in [5.74, 6) is -0.257. The van der Waals surface area contributed by atoms with Gasteiger partial charge in [-0.3, -0.25) is 4.79 Å². The number of nitrogens with one attached hydrogen (secondary N) is 1. The van der Waals surface area contributed by atoms with Crippen molar-refractivity contribution in [1.29, 1.82) is 0 Å². The third-order valence-corrected chi connectivity index (χ3v) is 19.5. The van der Waals surface area contributed by atoms with Crippen LogP contribution in [-0.4, -0.2) is 140 Å². The molecule has 596 valence electrons. The second-order valence-corrected chi connectivity index (χ2v) is 28.9. The zero-order valence-electron chi connectivity index (χ0n) is 65.5. The van der Waals surface area contributed by atoms with Crippen molar-refractivity contribution in [1.82, 2.24) is 5.32 Å². The number of ether oxygens (including phenoxy) is 4. The molecule has 14 heteroatoms. The van der Waals surface area contributed by atoms with Gasteiger partial charge in [0.25, 0.3) is 0 Å². The van der Waals surface area contributed by atoms with Gasteiger partial charge in [-0.15, -0.1) is 0 Å². The van der Waals surface area contributed by atoms with Crippen molar-refractivity contribution in [3.05, 3.63) is 146 Å². The number of rotatable bonds is 69. The van der Waals surface area contributed by atoms with Crippen molar-refractivity contribution in [2.24, 2.45) is 0 Å². The summed E-state index contributed by atoms with van der Waals surface area (Å²) in [6, 6.07) is -0.950. The SMILES string of the molecule is CC/C=C\C/C=C\C/C=C\C/C=C\C/C=C\C/C=C\C/C=C\C/C=C\C/C=C\CCCCCCCCCCCCCCCC(=O)NC(COC1OC(CO)C(OC2OC(CO)C(O)C(O)C2O)C(O)C1O)C(O)/C=C/CC/C=C/CC/C=C/CCCCCCCCCCCCCCCCCCCCC. The topological polar surface area (TPSA) is 228 Å². The van der Waals surface area contributed by atoms with Crippen LogP contribution in [0.2, 0.25) is 0 Å². The van der Waals surface area contributed by atoms with Crippen molar-refractivity contribution >= 4 is 5.91 Å². The van der Waals surface area contributed by atoms with Crippen LogP contribution in [0.3, 0.4) is 0 Å². The van der Waals surface area contributed by atoms with Gasteiger partial charge in [0, 0.05) is 6.42 Å². The predicted octanol–water partition coefficient (Wildman–Crippen LogP) is 19.9. The lowest BCUT2D eigenvalue weighted by Crippen LogP contribution is -2.65. The first-order valence-corrected chi connectivity index (χ1v) is 42.1. The smallest absolute Gasteiger partial charge is 0.220 e. The number of amides is 1. The predicted molar refractivity (Wildman–Crippen MR) is 433 cm³/mol. The van der Waals surface area contributed by atoms with Crippen molar-refractivity contribution in [3.63, 3.8) is 0 Å². The summed E-state index contributed by atoms with van der Waals surface area (Å²) in [6.45, 7) is 2.69. The van der Waals surface area contributed by atoms with Crippen LogP contribution in [-0.2, 0) is 23.7 Å². The van der Waals surface area contributed by atoms with Gasteiger partial charge in [-0.25, -0.2) is 0 Å². The molecule has 12 atom stereocenters. The maximum absolute atomic E-state index is 13.4. The molecule has 0 bridgehead atoms. The highest BCUT2D eigenvalue weighted by atomic mass is 16.7. The highest BCUT2D eigenvalue weighted by molar-refractivity contribution is 5.76. The Morgan fingerprint density at radius 3 is 1.06 bits per heavy atom. The molecule has 0 aromatic heterocycles. The molecule has 2 aliphatic rings. The molecule has 9 N–H and O–H groups in total. The zero-order chi connectivity index (χ0) is 75.1. The van der Waals surface area contributed by atoms with Gasteiger partial charge < -0.3 is 65.1 Å². The molecule has 0 aliphatic carbocycles. The number of unbranched alkanes of at least 4 members (excludes halogenated alkanes) is 34. The maximum atomic E-state index is 13.4. The largest absolute Gasteiger partial charge is 0.394 e. The minimum atomic E-state index is -1.80. The molecule has 2 aliphatic heterocycles. The summed E-state index contributed by atoms with van der Waals surface area (Å²) >= 11 is 0. The second kappa shape index (κ2) is 71.8. The summed E-state index contributed by atoms with van der Waals surface area (Å²) in [6.07, 6.45) is 92.2. The van der Waals surface area contributed by atoms with E-state index in [0.717, 1.165) is 109 Å². The average molecular weight is 1460 g/mol. The van der Waals surface area contributed by atoms with Gasteiger partial charge in [0.1, 0.15) is 48.8 Å². The summed E-state index contributed by atoms with van der Waals surface area (Å²) < 4.78 is 22.9. The highest BCUT2D eigenvalue weighted by Crippen LogP contribution is 2.30. The lowest BCUT2D eigenvalue weighted by molar-refractivity contribution is -0.359. The average Bonchev–Trinajstić information content (AvgIpc) is 0.789. The first-order chi connectivity index (χ1) is 51.1. The fourth-order valence-electron chi connectivity index (χ4n) is 12.9. The number of aliphatic hydroxyl groups excluding tert-OH is 8. The van der Waals surface area contributed by atoms with Crippen LogP contribution >= 0.6 is 0 Å². The summed E-state index contributed by atoms with van der Waals surface area (Å²) in [5, 5.41) is 87.7. The van der Waals surface area contributed by atoms with Crippen LogP contribution in [0.15, 0.2) is 146 Å². The van der Waals surface area contributed by atoms with E-state index in [-0.39, 0.29) is 18.9 Å². The molecule has 2 rings (SSSR count). The first-order valence-electron chi connectivity index (χ1n) is 42.1. The molecule has 2 fully saturated rings. The molecule has 2 heterocycles. The fraction of sp³-hybridized carbons (Fsp3) is 0.722. The quantitative estimate of drug-likeness (QED) is 0.0204. The van der Waals surface area contributed by atoms with Gasteiger partial charge in [0.05, 0.1) is 32.0 Å². The fourth-order valence-corrected chi connectivity index (χ4v) is 12.9. The molecule has 14 nitrogen and oxygen atoms in total. The third kappa shape index (κ3) is 53.6. The second-order valence-electron chi connectivity index (χ2n) is 28.9. The number of aliphatic hydroxyl groups is 8. The van der Waals surface area contributed by atoms with E-state index in [2.05, 4.69) is 153 Å². The zero-order valence-corrected chi connectivity index (χ0v) is 65.5. The number of hydrogen-bond acceptors (Lipinski definition) is 13. The van der Waals surface area contributed by atoms with Crippen LogP contribution in [0.25, 0.3) is 0 Å². The molecule has 104 heavy (non-hydrogen) atoms. The molecular weight excluding hydrogens is 1300 g/mol. The summed E-state index contributed by atoms with van der Waals surface area (Å²) in [4.78, 5) is 13.4. The van der Waals surface area contributed by atoms with E-state index in [1.54, 1.807) is 6.08 Å². The Morgan fingerprint density at radius 2 is 0.673 bits per heavy atom. The Balaban J connectivity index is 1.62. The van der Waals surface area contributed by atoms with Crippen molar-refractivity contribution in [2.45, 2.75) is 396 Å². The van der Waals surface area contributed by atoms with Gasteiger partial charge in [0.15, 0.2) is 12.6 Å².